The first-order chi connectivity index (χ1) is 16.4. The van der Waals surface area contributed by atoms with Gasteiger partial charge in [-0.2, -0.15) is 21.6 Å². The van der Waals surface area contributed by atoms with E-state index in [9.17, 15) is 26.4 Å². The minimum atomic E-state index is -5.69. The zero-order valence-electron chi connectivity index (χ0n) is 19.6. The number of halogens is 3. The Morgan fingerprint density at radius 2 is 1.89 bits per heavy atom. The van der Waals surface area contributed by atoms with Crippen molar-refractivity contribution in [3.63, 3.8) is 0 Å². The van der Waals surface area contributed by atoms with Gasteiger partial charge in [-0.15, -0.1) is 0 Å². The molecule has 7 unspecified atom stereocenters. The van der Waals surface area contributed by atoms with Gasteiger partial charge in [0.25, 0.3) is 12.1 Å². The summed E-state index contributed by atoms with van der Waals surface area (Å²) in [7, 11) is -5.69. The standard InChI is InChI=1S/C25H29F3NO5S/c1-15(30)33-17-5-8-22-14-23(22)12-11-21-9-7-19(34-35(31,32)25(26,27)28)18(21)6-10-24(21,29-2)20(23)4-3-16(22)13-17/h2-3,6,17,19-20H,4-5,7-14H2,1H3/q+1. The van der Waals surface area contributed by atoms with Crippen LogP contribution in [0.2, 0.25) is 0 Å². The molecule has 0 saturated heterocycles. The fourth-order valence-electron chi connectivity index (χ4n) is 9.30. The van der Waals surface area contributed by atoms with E-state index in [4.69, 9.17) is 15.5 Å². The third-order valence-corrected chi connectivity index (χ3v) is 11.6. The second-order valence-electron chi connectivity index (χ2n) is 11.4. The monoisotopic (exact) mass is 512 g/mol. The van der Waals surface area contributed by atoms with Gasteiger partial charge >= 0.3 is 21.6 Å². The molecule has 3 spiro atoms. The van der Waals surface area contributed by atoms with Crippen molar-refractivity contribution in [2.45, 2.75) is 94.4 Å². The first-order valence-electron chi connectivity index (χ1n) is 12.4. The van der Waals surface area contributed by atoms with E-state index in [1.54, 1.807) is 0 Å². The first kappa shape index (κ1) is 23.5. The van der Waals surface area contributed by atoms with E-state index in [1.807, 2.05) is 6.08 Å². The van der Waals surface area contributed by atoms with Gasteiger partial charge in [-0.3, -0.25) is 8.98 Å². The molecular formula is C25H29F3NO5S+. The number of hydrogen-bond donors (Lipinski definition) is 0. The second-order valence-corrected chi connectivity index (χ2v) is 13.0. The summed E-state index contributed by atoms with van der Waals surface area (Å²) in [5, 5.41) is 0. The molecule has 6 rings (SSSR count). The van der Waals surface area contributed by atoms with Crippen LogP contribution in [0.15, 0.2) is 23.3 Å². The van der Waals surface area contributed by atoms with Gasteiger partial charge in [0.15, 0.2) is 0 Å². The van der Waals surface area contributed by atoms with E-state index in [2.05, 4.69) is 10.9 Å². The quantitative estimate of drug-likeness (QED) is 0.223. The number of ether oxygens (including phenoxy) is 1. The van der Waals surface area contributed by atoms with Crippen LogP contribution in [0, 0.1) is 28.7 Å². The summed E-state index contributed by atoms with van der Waals surface area (Å²) in [6, 6.07) is 0. The van der Waals surface area contributed by atoms with Crippen LogP contribution in [0.3, 0.4) is 0 Å². The predicted molar refractivity (Wildman–Crippen MR) is 120 cm³/mol. The molecule has 0 aliphatic heterocycles. The summed E-state index contributed by atoms with van der Waals surface area (Å²) in [6.07, 6.45) is 10.1. The van der Waals surface area contributed by atoms with Crippen molar-refractivity contribution in [3.8, 4) is 6.57 Å². The molecular weight excluding hydrogens is 483 g/mol. The molecule has 0 heterocycles. The molecule has 6 nitrogen and oxygen atoms in total. The summed E-state index contributed by atoms with van der Waals surface area (Å²) in [5.74, 6) is -0.129. The summed E-state index contributed by atoms with van der Waals surface area (Å²) in [4.78, 5) is 16.0. The van der Waals surface area contributed by atoms with Crippen LogP contribution in [-0.4, -0.2) is 37.6 Å². The van der Waals surface area contributed by atoms with E-state index in [-0.39, 0.29) is 35.2 Å². The van der Waals surface area contributed by atoms with Crippen molar-refractivity contribution in [2.75, 3.05) is 0 Å². The number of carbonyl (C=O) groups is 1. The Morgan fingerprint density at radius 3 is 2.57 bits per heavy atom. The lowest BCUT2D eigenvalue weighted by atomic mass is 9.48. The van der Waals surface area contributed by atoms with Gasteiger partial charge in [-0.05, 0) is 67.8 Å². The first-order valence-corrected chi connectivity index (χ1v) is 13.8. The Labute approximate surface area is 202 Å². The van der Waals surface area contributed by atoms with Crippen molar-refractivity contribution in [3.05, 3.63) is 28.1 Å². The maximum atomic E-state index is 13.0. The molecule has 0 N–H and O–H groups in total. The van der Waals surface area contributed by atoms with Gasteiger partial charge in [0.1, 0.15) is 6.10 Å². The Hall–Kier alpha value is -1.86. The summed E-state index contributed by atoms with van der Waals surface area (Å²) < 4.78 is 72.9. The average molecular weight is 513 g/mol. The second kappa shape index (κ2) is 6.91. The van der Waals surface area contributed by atoms with Crippen LogP contribution in [0.25, 0.3) is 4.85 Å². The lowest BCUT2D eigenvalue weighted by Crippen LogP contribution is -2.57. The Balaban J connectivity index is 1.32. The molecule has 7 atom stereocenters. The fourth-order valence-corrected chi connectivity index (χ4v) is 9.91. The molecule has 0 amide bonds. The third kappa shape index (κ3) is 2.74. The highest BCUT2D eigenvalue weighted by atomic mass is 32.2. The van der Waals surface area contributed by atoms with Crippen molar-refractivity contribution in [1.82, 2.24) is 0 Å². The zero-order valence-corrected chi connectivity index (χ0v) is 20.4. The van der Waals surface area contributed by atoms with Crippen molar-refractivity contribution >= 4 is 16.1 Å². The highest BCUT2D eigenvalue weighted by Gasteiger charge is 2.85. The summed E-state index contributed by atoms with van der Waals surface area (Å²) >= 11 is 0. The highest BCUT2D eigenvalue weighted by Crippen LogP contribution is 2.86. The van der Waals surface area contributed by atoms with E-state index >= 15 is 0 Å². The lowest BCUT2D eigenvalue weighted by molar-refractivity contribution is -0.147. The maximum absolute atomic E-state index is 13.0. The molecule has 4 fully saturated rings. The van der Waals surface area contributed by atoms with Gasteiger partial charge in [0.2, 0.25) is 0 Å². The van der Waals surface area contributed by atoms with Gasteiger partial charge in [0.05, 0.1) is 17.4 Å². The van der Waals surface area contributed by atoms with E-state index in [0.29, 0.717) is 24.8 Å². The van der Waals surface area contributed by atoms with Crippen LogP contribution in [-0.2, 0) is 23.8 Å². The number of esters is 1. The number of carbonyl (C=O) groups excluding carboxylic acids is 1. The number of nitrogens with zero attached hydrogens (tertiary/aromatic N) is 1. The van der Waals surface area contributed by atoms with Crippen LogP contribution >= 0.6 is 0 Å². The molecule has 0 bridgehead atoms. The van der Waals surface area contributed by atoms with Gasteiger partial charge < -0.3 is 4.74 Å². The molecule has 35 heavy (non-hydrogen) atoms. The molecule has 4 saturated carbocycles. The SMILES string of the molecule is C#[N+]C12CC=C3C(OS(=O)(=O)C(F)(F)F)CCC31CCC13CC14CCC(OC(C)=O)CC4=CCC32. The van der Waals surface area contributed by atoms with Crippen molar-refractivity contribution in [1.29, 1.82) is 0 Å². The van der Waals surface area contributed by atoms with Gasteiger partial charge in [-0.25, -0.2) is 0 Å². The Kier molecular flexibility index (Phi) is 4.65. The molecule has 190 valence electrons. The number of alkyl halides is 3. The van der Waals surface area contributed by atoms with Gasteiger partial charge in [-0.1, -0.05) is 22.6 Å². The van der Waals surface area contributed by atoms with Gasteiger partial charge in [0, 0.05) is 19.8 Å². The molecule has 10 heteroatoms. The average Bonchev–Trinajstić information content (AvgIpc) is 3.13. The number of fused-ring (bicyclic) bond motifs is 1. The minimum absolute atomic E-state index is 0.0344. The van der Waals surface area contributed by atoms with Crippen LogP contribution < -0.4 is 0 Å². The highest BCUT2D eigenvalue weighted by molar-refractivity contribution is 7.87. The molecule has 0 radical (unpaired) electrons. The predicted octanol–water partition coefficient (Wildman–Crippen LogP) is 5.27. The van der Waals surface area contributed by atoms with Crippen molar-refractivity contribution < 1.29 is 35.3 Å². The number of rotatable bonds is 3. The van der Waals surface area contributed by atoms with Crippen molar-refractivity contribution in [2.24, 2.45) is 22.2 Å². The molecule has 6 aliphatic rings. The number of allylic oxidation sites excluding steroid dienone is 1. The summed E-state index contributed by atoms with van der Waals surface area (Å²) in [5.41, 5.74) is -4.59. The lowest BCUT2D eigenvalue weighted by Gasteiger charge is -2.52. The smallest absolute Gasteiger partial charge is 0.462 e. The largest absolute Gasteiger partial charge is 0.523 e. The molecule has 0 aromatic heterocycles. The topological polar surface area (TPSA) is 74.0 Å². The molecule has 0 aromatic carbocycles. The van der Waals surface area contributed by atoms with Crippen LogP contribution in [0.1, 0.15) is 71.1 Å². The Morgan fingerprint density at radius 1 is 1.14 bits per heavy atom. The Bertz CT molecular complexity index is 1220. The summed E-state index contributed by atoms with van der Waals surface area (Å²) in [6.45, 7) is 7.61. The third-order valence-electron chi connectivity index (χ3n) is 10.5. The van der Waals surface area contributed by atoms with Crippen LogP contribution in [0.4, 0.5) is 13.2 Å². The normalized spacial score (nSPS) is 45.5. The van der Waals surface area contributed by atoms with E-state index < -0.39 is 32.7 Å². The van der Waals surface area contributed by atoms with Crippen LogP contribution in [0.5, 0.6) is 0 Å². The van der Waals surface area contributed by atoms with E-state index in [0.717, 1.165) is 38.5 Å². The van der Waals surface area contributed by atoms with E-state index in [1.165, 1.54) is 12.5 Å². The maximum Gasteiger partial charge on any atom is 0.523 e. The molecule has 0 aromatic rings. The minimum Gasteiger partial charge on any atom is -0.462 e. The zero-order chi connectivity index (χ0) is 25.1. The number of hydrogen-bond acceptors (Lipinski definition) is 5. The molecule has 6 aliphatic carbocycles. The fraction of sp³-hybridized carbons (Fsp3) is 0.760.